The van der Waals surface area contributed by atoms with Gasteiger partial charge in [0.1, 0.15) is 6.35 Å². The quantitative estimate of drug-likeness (QED) is 0.162. The molecule has 0 aliphatic heterocycles. The molecule has 0 saturated carbocycles. The smallest absolute Gasteiger partial charge is 0.183 e. The third kappa shape index (κ3) is 18.4. The van der Waals surface area contributed by atoms with Gasteiger partial charge in [0.2, 0.25) is 0 Å². The van der Waals surface area contributed by atoms with E-state index in [2.05, 4.69) is 13.8 Å². The molecule has 0 aromatic heterocycles. The molecule has 1 atom stereocenters. The van der Waals surface area contributed by atoms with Crippen LogP contribution in [-0.2, 0) is 9.30 Å². The average molecular weight is 359 g/mol. The topological polar surface area (TPSA) is 26.3 Å². The second-order valence-electron chi connectivity index (χ2n) is 7.22. The second kappa shape index (κ2) is 21.1. The fourth-order valence-corrected chi connectivity index (χ4v) is 3.55. The first-order chi connectivity index (χ1) is 11.8. The minimum absolute atomic E-state index is 0.125. The van der Waals surface area contributed by atoms with Crippen LogP contribution in [0.4, 0.5) is 0 Å². The zero-order chi connectivity index (χ0) is 17.7. The van der Waals surface area contributed by atoms with E-state index in [9.17, 15) is 4.57 Å². The van der Waals surface area contributed by atoms with Gasteiger partial charge >= 0.3 is 0 Å². The Bertz CT molecular complexity index is 246. The van der Waals surface area contributed by atoms with E-state index in [0.29, 0.717) is 12.5 Å². The summed E-state index contributed by atoms with van der Waals surface area (Å²) in [7, 11) is 0.125. The molecule has 0 aromatic rings. The second-order valence-corrected chi connectivity index (χ2v) is 7.74. The lowest BCUT2D eigenvalue weighted by Crippen LogP contribution is -2.12. The Morgan fingerprint density at radius 1 is 0.625 bits per heavy atom. The summed E-state index contributed by atoms with van der Waals surface area (Å²) in [5, 5.41) is 0. The van der Waals surface area contributed by atoms with E-state index >= 15 is 0 Å². The minimum Gasteiger partial charge on any atom is -0.366 e. The zero-order valence-electron chi connectivity index (χ0n) is 16.6. The van der Waals surface area contributed by atoms with Crippen molar-refractivity contribution in [1.29, 1.82) is 0 Å². The lowest BCUT2D eigenvalue weighted by Gasteiger charge is -2.16. The van der Waals surface area contributed by atoms with E-state index in [4.69, 9.17) is 4.74 Å². The lowest BCUT2D eigenvalue weighted by atomic mass is 10.0. The highest BCUT2D eigenvalue weighted by Gasteiger charge is 2.08. The summed E-state index contributed by atoms with van der Waals surface area (Å²) in [6, 6.07) is 0. The molecule has 0 bridgehead atoms. The van der Waals surface area contributed by atoms with Crippen LogP contribution in [-0.4, -0.2) is 12.5 Å². The van der Waals surface area contributed by atoms with Gasteiger partial charge in [0.15, 0.2) is 8.46 Å². The van der Waals surface area contributed by atoms with Gasteiger partial charge < -0.3 is 4.74 Å². The highest BCUT2D eigenvalue weighted by molar-refractivity contribution is 7.23. The molecular weight excluding hydrogens is 315 g/mol. The Morgan fingerprint density at radius 3 is 1.42 bits per heavy atom. The molecule has 2 nitrogen and oxygen atoms in total. The number of ether oxygens (including phenoxy) is 1. The number of hydrogen-bond acceptors (Lipinski definition) is 2. The van der Waals surface area contributed by atoms with E-state index in [1.807, 2.05) is 0 Å². The summed E-state index contributed by atoms with van der Waals surface area (Å²) in [4.78, 5) is 0. The zero-order valence-corrected chi connectivity index (χ0v) is 17.5. The highest BCUT2D eigenvalue weighted by Crippen LogP contribution is 2.17. The van der Waals surface area contributed by atoms with Gasteiger partial charge in [-0.3, -0.25) is 4.57 Å². The Morgan fingerprint density at radius 2 is 1.00 bits per heavy atom. The Hall–Kier alpha value is 0.0600. The van der Waals surface area contributed by atoms with Crippen molar-refractivity contribution >= 4 is 8.46 Å². The molecule has 0 spiro atoms. The van der Waals surface area contributed by atoms with E-state index < -0.39 is 0 Å². The summed E-state index contributed by atoms with van der Waals surface area (Å²) < 4.78 is 16.4. The summed E-state index contributed by atoms with van der Waals surface area (Å²) in [6.07, 6.45) is 23.4. The first-order valence-corrected chi connectivity index (χ1v) is 11.8. The van der Waals surface area contributed by atoms with Crippen molar-refractivity contribution in [2.45, 2.75) is 129 Å². The van der Waals surface area contributed by atoms with Crippen molar-refractivity contribution in [3.05, 3.63) is 0 Å². The molecule has 144 valence electrons. The van der Waals surface area contributed by atoms with Gasteiger partial charge in [0.25, 0.3) is 0 Å². The normalized spacial score (nSPS) is 12.8. The Kier molecular flexibility index (Phi) is 21.2. The van der Waals surface area contributed by atoms with Crippen LogP contribution >= 0.6 is 8.46 Å². The fourth-order valence-electron chi connectivity index (χ4n) is 3.28. The maximum absolute atomic E-state index is 10.6. The largest absolute Gasteiger partial charge is 0.366 e. The van der Waals surface area contributed by atoms with Crippen LogP contribution in [0, 0.1) is 0 Å². The van der Waals surface area contributed by atoms with Crippen LogP contribution in [0.5, 0.6) is 0 Å². The van der Waals surface area contributed by atoms with Gasteiger partial charge in [-0.2, -0.15) is 0 Å². The summed E-state index contributed by atoms with van der Waals surface area (Å²) in [6.45, 7) is 4.52. The van der Waals surface area contributed by atoms with Crippen LogP contribution in [0.3, 0.4) is 0 Å². The van der Waals surface area contributed by atoms with Crippen molar-refractivity contribution < 1.29 is 9.30 Å². The molecule has 0 amide bonds. The van der Waals surface area contributed by atoms with Crippen molar-refractivity contribution in [1.82, 2.24) is 0 Å². The molecule has 0 aromatic carbocycles. The van der Waals surface area contributed by atoms with Gasteiger partial charge in [0, 0.05) is 0 Å². The Labute approximate surface area is 153 Å². The maximum Gasteiger partial charge on any atom is 0.183 e. The standard InChI is InChI=1S/C21H43O2P/c1-3-5-7-9-10-11-12-13-14-15-17-19-21(23-20-24-22)18-16-8-6-4-2/h21H,3-20H2,1-2H3. The van der Waals surface area contributed by atoms with Crippen LogP contribution in [0.1, 0.15) is 123 Å². The molecule has 0 fully saturated rings. The monoisotopic (exact) mass is 358 g/mol. The van der Waals surface area contributed by atoms with E-state index in [-0.39, 0.29) is 8.46 Å². The third-order valence-electron chi connectivity index (χ3n) is 4.87. The van der Waals surface area contributed by atoms with Crippen molar-refractivity contribution in [3.8, 4) is 0 Å². The van der Waals surface area contributed by atoms with Gasteiger partial charge in [-0.1, -0.05) is 110 Å². The average Bonchev–Trinajstić information content (AvgIpc) is 2.60. The van der Waals surface area contributed by atoms with Crippen molar-refractivity contribution in [3.63, 3.8) is 0 Å². The molecule has 3 heteroatoms. The van der Waals surface area contributed by atoms with Crippen LogP contribution in [0.15, 0.2) is 0 Å². The molecular formula is C21H43O2P. The lowest BCUT2D eigenvalue weighted by molar-refractivity contribution is 0.0698. The van der Waals surface area contributed by atoms with Gasteiger partial charge in [-0.25, -0.2) is 0 Å². The maximum atomic E-state index is 10.6. The SMILES string of the molecule is CCCCCCCCCCCCCC(CCCCCC)OCP=O. The Balaban J connectivity index is 3.45. The molecule has 0 heterocycles. The van der Waals surface area contributed by atoms with Gasteiger partial charge in [-0.15, -0.1) is 0 Å². The first kappa shape index (κ1) is 24.1. The molecule has 0 aliphatic rings. The number of hydrogen-bond donors (Lipinski definition) is 0. The summed E-state index contributed by atoms with van der Waals surface area (Å²) in [5.74, 6) is 0. The summed E-state index contributed by atoms with van der Waals surface area (Å²) in [5.41, 5.74) is 0. The summed E-state index contributed by atoms with van der Waals surface area (Å²) >= 11 is 0. The third-order valence-corrected chi connectivity index (χ3v) is 5.13. The molecule has 0 rings (SSSR count). The van der Waals surface area contributed by atoms with E-state index in [1.165, 1.54) is 96.3 Å². The minimum atomic E-state index is 0.125. The molecule has 0 aliphatic carbocycles. The predicted octanol–water partition coefficient (Wildman–Crippen LogP) is 8.29. The first-order valence-electron chi connectivity index (χ1n) is 10.8. The molecule has 1 unspecified atom stereocenters. The van der Waals surface area contributed by atoms with Gasteiger partial charge in [-0.05, 0) is 12.8 Å². The molecule has 0 N–H and O–H groups in total. The predicted molar refractivity (Wildman–Crippen MR) is 107 cm³/mol. The van der Waals surface area contributed by atoms with Crippen LogP contribution in [0.2, 0.25) is 0 Å². The molecule has 0 saturated heterocycles. The van der Waals surface area contributed by atoms with Crippen LogP contribution < -0.4 is 0 Å². The highest BCUT2D eigenvalue weighted by atomic mass is 31.1. The van der Waals surface area contributed by atoms with Crippen LogP contribution in [0.25, 0.3) is 0 Å². The van der Waals surface area contributed by atoms with Crippen molar-refractivity contribution in [2.24, 2.45) is 0 Å². The van der Waals surface area contributed by atoms with Gasteiger partial charge in [0.05, 0.1) is 6.10 Å². The number of unbranched alkanes of at least 4 members (excludes halogenated alkanes) is 13. The van der Waals surface area contributed by atoms with E-state index in [1.54, 1.807) is 0 Å². The van der Waals surface area contributed by atoms with Crippen molar-refractivity contribution in [2.75, 3.05) is 6.35 Å². The number of rotatable bonds is 20. The fraction of sp³-hybridized carbons (Fsp3) is 1.00. The van der Waals surface area contributed by atoms with E-state index in [0.717, 1.165) is 12.8 Å². The molecule has 24 heavy (non-hydrogen) atoms. The molecule has 0 radical (unpaired) electrons.